The highest BCUT2D eigenvalue weighted by molar-refractivity contribution is 7.99. The lowest BCUT2D eigenvalue weighted by molar-refractivity contribution is 0.0954. The van der Waals surface area contributed by atoms with E-state index in [0.29, 0.717) is 17.4 Å². The van der Waals surface area contributed by atoms with Crippen LogP contribution in [0.15, 0.2) is 12.3 Å². The second-order valence-corrected chi connectivity index (χ2v) is 5.77. The lowest BCUT2D eigenvalue weighted by Crippen LogP contribution is -2.27. The number of pyridine rings is 1. The van der Waals surface area contributed by atoms with Crippen molar-refractivity contribution in [3.63, 3.8) is 0 Å². The minimum atomic E-state index is -0.0586. The van der Waals surface area contributed by atoms with Crippen LogP contribution in [0.25, 0.3) is 0 Å². The highest BCUT2D eigenvalue weighted by Gasteiger charge is 2.12. The molecular formula is C14H23N3OS. The third kappa shape index (κ3) is 5.11. The second-order valence-electron chi connectivity index (χ2n) is 4.49. The number of amides is 1. The lowest BCUT2D eigenvalue weighted by Gasteiger charge is -2.12. The first-order chi connectivity index (χ1) is 9.08. The van der Waals surface area contributed by atoms with Crippen LogP contribution in [-0.2, 0) is 0 Å². The molecule has 0 bridgehead atoms. The van der Waals surface area contributed by atoms with E-state index in [0.717, 1.165) is 24.3 Å². The molecular weight excluding hydrogens is 258 g/mol. The van der Waals surface area contributed by atoms with Crippen molar-refractivity contribution in [1.82, 2.24) is 10.3 Å². The van der Waals surface area contributed by atoms with E-state index in [1.54, 1.807) is 6.20 Å². The average Bonchev–Trinajstić information content (AvgIpc) is 2.38. The summed E-state index contributed by atoms with van der Waals surface area (Å²) in [5, 5.41) is 6.71. The fourth-order valence-corrected chi connectivity index (χ4v) is 2.03. The van der Waals surface area contributed by atoms with Crippen LogP contribution >= 0.6 is 11.8 Å². The van der Waals surface area contributed by atoms with Crippen LogP contribution in [0.4, 0.5) is 5.69 Å². The van der Waals surface area contributed by atoms with Crippen LogP contribution in [0.5, 0.6) is 0 Å². The van der Waals surface area contributed by atoms with Gasteiger partial charge in [-0.15, -0.1) is 0 Å². The number of carbonyl (C=O) groups is 1. The van der Waals surface area contributed by atoms with Crippen LogP contribution in [0.1, 0.15) is 36.3 Å². The third-order valence-corrected chi connectivity index (χ3v) is 3.93. The third-order valence-electron chi connectivity index (χ3n) is 2.89. The van der Waals surface area contributed by atoms with E-state index in [1.165, 1.54) is 0 Å². The number of thioether (sulfide) groups is 1. The molecule has 0 aliphatic carbocycles. The van der Waals surface area contributed by atoms with Crippen molar-refractivity contribution >= 4 is 23.4 Å². The molecule has 0 saturated carbocycles. The van der Waals surface area contributed by atoms with Gasteiger partial charge in [0.1, 0.15) is 0 Å². The Morgan fingerprint density at radius 1 is 1.53 bits per heavy atom. The molecule has 5 heteroatoms. The van der Waals surface area contributed by atoms with Crippen LogP contribution in [0, 0.1) is 6.92 Å². The van der Waals surface area contributed by atoms with Crippen molar-refractivity contribution in [3.05, 3.63) is 23.5 Å². The summed E-state index contributed by atoms with van der Waals surface area (Å²) in [6.45, 7) is 7.57. The standard InChI is InChI=1S/C14H23N3OS/c1-5-15-13-8-10(2)17-9-12(13)14(18)16-7-6-11(3)19-4/h8-9,11H,5-7H2,1-4H3,(H,15,17)(H,16,18). The number of rotatable bonds is 7. The summed E-state index contributed by atoms with van der Waals surface area (Å²) in [7, 11) is 0. The van der Waals surface area contributed by atoms with E-state index in [1.807, 2.05) is 31.7 Å². The zero-order valence-electron chi connectivity index (χ0n) is 12.1. The summed E-state index contributed by atoms with van der Waals surface area (Å²) in [5.41, 5.74) is 2.37. The molecule has 1 aromatic heterocycles. The largest absolute Gasteiger partial charge is 0.385 e. The van der Waals surface area contributed by atoms with Gasteiger partial charge >= 0.3 is 0 Å². The van der Waals surface area contributed by atoms with Gasteiger partial charge in [0.15, 0.2) is 0 Å². The molecule has 0 aromatic carbocycles. The molecule has 4 nitrogen and oxygen atoms in total. The summed E-state index contributed by atoms with van der Waals surface area (Å²) in [6.07, 6.45) is 4.70. The van der Waals surface area contributed by atoms with Gasteiger partial charge in [-0.2, -0.15) is 11.8 Å². The summed E-state index contributed by atoms with van der Waals surface area (Å²) < 4.78 is 0. The highest BCUT2D eigenvalue weighted by atomic mass is 32.2. The molecule has 0 fully saturated rings. The fraction of sp³-hybridized carbons (Fsp3) is 0.571. The monoisotopic (exact) mass is 281 g/mol. The zero-order valence-corrected chi connectivity index (χ0v) is 12.9. The molecule has 106 valence electrons. The van der Waals surface area contributed by atoms with Gasteiger partial charge in [-0.3, -0.25) is 9.78 Å². The number of nitrogens with one attached hydrogen (secondary N) is 2. The van der Waals surface area contributed by atoms with Crippen molar-refractivity contribution < 1.29 is 4.79 Å². The number of carbonyl (C=O) groups excluding carboxylic acids is 1. The average molecular weight is 281 g/mol. The first kappa shape index (κ1) is 15.8. The van der Waals surface area contributed by atoms with E-state index in [-0.39, 0.29) is 5.91 Å². The van der Waals surface area contributed by atoms with E-state index < -0.39 is 0 Å². The second kappa shape index (κ2) is 8.04. The van der Waals surface area contributed by atoms with Gasteiger partial charge in [0.25, 0.3) is 5.91 Å². The normalized spacial score (nSPS) is 12.0. The molecule has 0 radical (unpaired) electrons. The van der Waals surface area contributed by atoms with Gasteiger partial charge in [-0.25, -0.2) is 0 Å². The first-order valence-corrected chi connectivity index (χ1v) is 7.88. The van der Waals surface area contributed by atoms with Crippen molar-refractivity contribution in [1.29, 1.82) is 0 Å². The quantitative estimate of drug-likeness (QED) is 0.807. The first-order valence-electron chi connectivity index (χ1n) is 6.60. The number of nitrogens with zero attached hydrogens (tertiary/aromatic N) is 1. The molecule has 2 N–H and O–H groups in total. The van der Waals surface area contributed by atoms with Crippen LogP contribution in [0.2, 0.25) is 0 Å². The van der Waals surface area contributed by atoms with Crippen LogP contribution in [-0.4, -0.2) is 35.5 Å². The Kier molecular flexibility index (Phi) is 6.70. The SMILES string of the molecule is CCNc1cc(C)ncc1C(=O)NCCC(C)SC. The summed E-state index contributed by atoms with van der Waals surface area (Å²) >= 11 is 1.81. The van der Waals surface area contributed by atoms with Gasteiger partial charge in [0.05, 0.1) is 11.3 Å². The van der Waals surface area contributed by atoms with E-state index in [2.05, 4.69) is 28.8 Å². The summed E-state index contributed by atoms with van der Waals surface area (Å²) in [5.74, 6) is -0.0586. The molecule has 1 heterocycles. The topological polar surface area (TPSA) is 54.0 Å². The Morgan fingerprint density at radius 2 is 2.26 bits per heavy atom. The molecule has 0 aliphatic rings. The van der Waals surface area contributed by atoms with Crippen LogP contribution in [0.3, 0.4) is 0 Å². The predicted molar refractivity (Wildman–Crippen MR) is 83.1 cm³/mol. The number of hydrogen-bond donors (Lipinski definition) is 2. The molecule has 0 aliphatic heterocycles. The summed E-state index contributed by atoms with van der Waals surface area (Å²) in [4.78, 5) is 16.3. The number of aryl methyl sites for hydroxylation is 1. The van der Waals surface area contributed by atoms with Gasteiger partial charge < -0.3 is 10.6 Å². The highest BCUT2D eigenvalue weighted by Crippen LogP contribution is 2.15. The summed E-state index contributed by atoms with van der Waals surface area (Å²) in [6, 6.07) is 1.91. The smallest absolute Gasteiger partial charge is 0.254 e. The van der Waals surface area contributed by atoms with Gasteiger partial charge in [0.2, 0.25) is 0 Å². The van der Waals surface area contributed by atoms with E-state index in [9.17, 15) is 4.79 Å². The Morgan fingerprint density at radius 3 is 2.89 bits per heavy atom. The van der Waals surface area contributed by atoms with E-state index in [4.69, 9.17) is 0 Å². The fourth-order valence-electron chi connectivity index (χ4n) is 1.68. The van der Waals surface area contributed by atoms with Crippen molar-refractivity contribution in [2.45, 2.75) is 32.4 Å². The molecule has 1 amide bonds. The molecule has 1 atom stereocenters. The number of anilines is 1. The Balaban J connectivity index is 2.65. The molecule has 1 unspecified atom stereocenters. The minimum Gasteiger partial charge on any atom is -0.385 e. The van der Waals surface area contributed by atoms with Gasteiger partial charge in [-0.05, 0) is 32.6 Å². The maximum Gasteiger partial charge on any atom is 0.254 e. The molecule has 1 rings (SSSR count). The van der Waals surface area contributed by atoms with Crippen molar-refractivity contribution in [3.8, 4) is 0 Å². The van der Waals surface area contributed by atoms with Crippen LogP contribution < -0.4 is 10.6 Å². The Labute approximate surface area is 119 Å². The molecule has 0 saturated heterocycles. The van der Waals surface area contributed by atoms with Crippen molar-refractivity contribution in [2.75, 3.05) is 24.7 Å². The molecule has 0 spiro atoms. The van der Waals surface area contributed by atoms with Gasteiger partial charge in [0, 0.05) is 30.2 Å². The minimum absolute atomic E-state index is 0.0586. The predicted octanol–water partition coefficient (Wildman–Crippen LogP) is 2.69. The van der Waals surface area contributed by atoms with Crippen molar-refractivity contribution in [2.24, 2.45) is 0 Å². The Bertz CT molecular complexity index is 423. The maximum atomic E-state index is 12.1. The van der Waals surface area contributed by atoms with Gasteiger partial charge in [-0.1, -0.05) is 6.92 Å². The number of aromatic nitrogens is 1. The molecule has 1 aromatic rings. The lowest BCUT2D eigenvalue weighted by atomic mass is 10.2. The van der Waals surface area contributed by atoms with E-state index >= 15 is 0 Å². The Hall–Kier alpha value is -1.23. The zero-order chi connectivity index (χ0) is 14.3. The molecule has 19 heavy (non-hydrogen) atoms. The number of hydrogen-bond acceptors (Lipinski definition) is 4. The maximum absolute atomic E-state index is 12.1.